The Morgan fingerprint density at radius 3 is 2.57 bits per heavy atom. The fourth-order valence-electron chi connectivity index (χ4n) is 3.36. The predicted octanol–water partition coefficient (Wildman–Crippen LogP) is 1.52. The highest BCUT2D eigenvalue weighted by atomic mass is 16.3. The maximum atomic E-state index is 12.2. The van der Waals surface area contributed by atoms with Crippen molar-refractivity contribution in [2.45, 2.75) is 44.2 Å². The maximum Gasteiger partial charge on any atom is 0.251 e. The Hall–Kier alpha value is -1.59. The first-order chi connectivity index (χ1) is 11.2. The lowest BCUT2D eigenvalue weighted by Gasteiger charge is -2.31. The number of piperidine rings is 2. The summed E-state index contributed by atoms with van der Waals surface area (Å²) in [6, 6.07) is 8.21. The minimum absolute atomic E-state index is 0.00186. The van der Waals surface area contributed by atoms with Crippen LogP contribution in [0.25, 0.3) is 0 Å². The molecule has 2 saturated heterocycles. The van der Waals surface area contributed by atoms with Gasteiger partial charge in [-0.05, 0) is 56.5 Å². The minimum atomic E-state index is -0.162. The van der Waals surface area contributed by atoms with Crippen LogP contribution in [0, 0.1) is 0 Å². The van der Waals surface area contributed by atoms with Crippen LogP contribution < -0.4 is 15.5 Å². The zero-order valence-electron chi connectivity index (χ0n) is 13.6. The van der Waals surface area contributed by atoms with Gasteiger partial charge in [-0.1, -0.05) is 6.42 Å². The molecule has 126 valence electrons. The molecule has 3 rings (SSSR count). The van der Waals surface area contributed by atoms with E-state index in [1.165, 1.54) is 12.8 Å². The van der Waals surface area contributed by atoms with Crippen molar-refractivity contribution in [3.63, 3.8) is 0 Å². The lowest BCUT2D eigenvalue weighted by Crippen LogP contribution is -2.43. The van der Waals surface area contributed by atoms with Crippen LogP contribution in [0.5, 0.6) is 0 Å². The van der Waals surface area contributed by atoms with Crippen LogP contribution in [0.4, 0.5) is 5.69 Å². The van der Waals surface area contributed by atoms with Crippen molar-refractivity contribution in [2.24, 2.45) is 0 Å². The molecule has 0 unspecified atom stereocenters. The van der Waals surface area contributed by atoms with Gasteiger partial charge >= 0.3 is 0 Å². The molecular weight excluding hydrogens is 290 g/mol. The second-order valence-electron chi connectivity index (χ2n) is 6.62. The van der Waals surface area contributed by atoms with Crippen molar-refractivity contribution in [1.29, 1.82) is 0 Å². The maximum absolute atomic E-state index is 12.2. The summed E-state index contributed by atoms with van der Waals surface area (Å²) in [4.78, 5) is 14.5. The normalized spacial score (nSPS) is 22.8. The van der Waals surface area contributed by atoms with Gasteiger partial charge in [-0.2, -0.15) is 0 Å². The van der Waals surface area contributed by atoms with E-state index in [1.807, 2.05) is 24.3 Å². The van der Waals surface area contributed by atoms with E-state index in [0.29, 0.717) is 18.2 Å². The third-order valence-electron chi connectivity index (χ3n) is 4.88. The largest absolute Gasteiger partial charge is 0.393 e. The number of hydrogen-bond acceptors (Lipinski definition) is 4. The van der Waals surface area contributed by atoms with E-state index in [-0.39, 0.29) is 12.0 Å². The van der Waals surface area contributed by atoms with E-state index in [9.17, 15) is 9.90 Å². The molecule has 5 heteroatoms. The summed E-state index contributed by atoms with van der Waals surface area (Å²) in [6.45, 7) is 3.50. The molecule has 3 N–H and O–H groups in total. The Bertz CT molecular complexity index is 504. The average molecular weight is 317 g/mol. The van der Waals surface area contributed by atoms with Crippen molar-refractivity contribution < 1.29 is 9.90 Å². The number of benzene rings is 1. The molecule has 5 nitrogen and oxygen atoms in total. The number of carbonyl (C=O) groups is 1. The molecule has 0 bridgehead atoms. The number of anilines is 1. The number of rotatable bonds is 4. The van der Waals surface area contributed by atoms with E-state index in [0.717, 1.165) is 44.6 Å². The second kappa shape index (κ2) is 7.79. The SMILES string of the molecule is O=C(NC[C@H]1CCCCN1)c1ccc(N2CCC(O)CC2)cc1. The first kappa shape index (κ1) is 16.3. The van der Waals surface area contributed by atoms with E-state index < -0.39 is 0 Å². The van der Waals surface area contributed by atoms with Gasteiger partial charge in [-0.3, -0.25) is 4.79 Å². The van der Waals surface area contributed by atoms with Crippen LogP contribution >= 0.6 is 0 Å². The molecule has 0 saturated carbocycles. The number of nitrogens with zero attached hydrogens (tertiary/aromatic N) is 1. The summed E-state index contributed by atoms with van der Waals surface area (Å²) in [6.07, 6.45) is 5.09. The molecule has 23 heavy (non-hydrogen) atoms. The van der Waals surface area contributed by atoms with Gasteiger partial charge in [0.2, 0.25) is 0 Å². The first-order valence-electron chi connectivity index (χ1n) is 8.77. The summed E-state index contributed by atoms with van der Waals surface area (Å²) in [5.74, 6) is -0.00186. The fraction of sp³-hybridized carbons (Fsp3) is 0.611. The summed E-state index contributed by atoms with van der Waals surface area (Å²) in [5, 5.41) is 16.0. The topological polar surface area (TPSA) is 64.6 Å². The summed E-state index contributed by atoms with van der Waals surface area (Å²) < 4.78 is 0. The Balaban J connectivity index is 1.50. The van der Waals surface area contributed by atoms with Crippen LogP contribution in [0.15, 0.2) is 24.3 Å². The molecule has 0 radical (unpaired) electrons. The number of hydrogen-bond donors (Lipinski definition) is 3. The van der Waals surface area contributed by atoms with Gasteiger partial charge in [0.05, 0.1) is 6.10 Å². The molecule has 1 aromatic carbocycles. The minimum Gasteiger partial charge on any atom is -0.393 e. The summed E-state index contributed by atoms with van der Waals surface area (Å²) >= 11 is 0. The molecule has 0 spiro atoms. The standard InChI is InChI=1S/C18H27N3O2/c22-17-8-11-21(12-9-17)16-6-4-14(5-7-16)18(23)20-13-15-3-1-2-10-19-15/h4-7,15,17,19,22H,1-3,8-13H2,(H,20,23)/t15-/m1/s1. The van der Waals surface area contributed by atoms with Gasteiger partial charge in [0.15, 0.2) is 0 Å². The number of nitrogens with one attached hydrogen (secondary N) is 2. The molecule has 0 aromatic heterocycles. The van der Waals surface area contributed by atoms with Crippen LogP contribution in [0.3, 0.4) is 0 Å². The van der Waals surface area contributed by atoms with Crippen molar-refractivity contribution in [2.75, 3.05) is 31.1 Å². The summed E-state index contributed by atoms with van der Waals surface area (Å²) in [5.41, 5.74) is 1.84. The highest BCUT2D eigenvalue weighted by Crippen LogP contribution is 2.20. The van der Waals surface area contributed by atoms with Crippen LogP contribution in [-0.2, 0) is 0 Å². The van der Waals surface area contributed by atoms with E-state index in [1.54, 1.807) is 0 Å². The molecule has 1 atom stereocenters. The highest BCUT2D eigenvalue weighted by Gasteiger charge is 2.18. The van der Waals surface area contributed by atoms with Gasteiger partial charge in [-0.25, -0.2) is 0 Å². The van der Waals surface area contributed by atoms with Crippen LogP contribution in [-0.4, -0.2) is 49.3 Å². The first-order valence-corrected chi connectivity index (χ1v) is 8.77. The third-order valence-corrected chi connectivity index (χ3v) is 4.88. The second-order valence-corrected chi connectivity index (χ2v) is 6.62. The van der Waals surface area contributed by atoms with Crippen LogP contribution in [0.2, 0.25) is 0 Å². The number of amides is 1. The predicted molar refractivity (Wildman–Crippen MR) is 91.9 cm³/mol. The average Bonchev–Trinajstić information content (AvgIpc) is 2.61. The molecule has 0 aliphatic carbocycles. The van der Waals surface area contributed by atoms with Crippen molar-refractivity contribution in [1.82, 2.24) is 10.6 Å². The van der Waals surface area contributed by atoms with Gasteiger partial charge in [-0.15, -0.1) is 0 Å². The molecule has 2 heterocycles. The Morgan fingerprint density at radius 2 is 1.91 bits per heavy atom. The Labute approximate surface area is 138 Å². The molecule has 2 aliphatic heterocycles. The van der Waals surface area contributed by atoms with Gasteiger partial charge in [0.1, 0.15) is 0 Å². The molecule has 2 aliphatic rings. The summed E-state index contributed by atoms with van der Waals surface area (Å²) in [7, 11) is 0. The molecule has 1 amide bonds. The number of aliphatic hydroxyl groups excluding tert-OH is 1. The van der Waals surface area contributed by atoms with E-state index >= 15 is 0 Å². The lowest BCUT2D eigenvalue weighted by atomic mass is 10.0. The molecule has 1 aromatic rings. The fourth-order valence-corrected chi connectivity index (χ4v) is 3.36. The molecule has 2 fully saturated rings. The van der Waals surface area contributed by atoms with Crippen LogP contribution in [0.1, 0.15) is 42.5 Å². The molecular formula is C18H27N3O2. The van der Waals surface area contributed by atoms with Crippen molar-refractivity contribution >= 4 is 11.6 Å². The Kier molecular flexibility index (Phi) is 5.51. The van der Waals surface area contributed by atoms with E-state index in [4.69, 9.17) is 0 Å². The zero-order chi connectivity index (χ0) is 16.1. The van der Waals surface area contributed by atoms with Crippen molar-refractivity contribution in [3.05, 3.63) is 29.8 Å². The number of aliphatic hydroxyl groups is 1. The highest BCUT2D eigenvalue weighted by molar-refractivity contribution is 5.94. The zero-order valence-corrected chi connectivity index (χ0v) is 13.6. The monoisotopic (exact) mass is 317 g/mol. The van der Waals surface area contributed by atoms with Gasteiger partial charge in [0, 0.05) is 36.9 Å². The van der Waals surface area contributed by atoms with Gasteiger partial charge < -0.3 is 20.6 Å². The van der Waals surface area contributed by atoms with E-state index in [2.05, 4.69) is 15.5 Å². The van der Waals surface area contributed by atoms with Gasteiger partial charge in [0.25, 0.3) is 5.91 Å². The smallest absolute Gasteiger partial charge is 0.251 e. The van der Waals surface area contributed by atoms with Crippen molar-refractivity contribution in [3.8, 4) is 0 Å². The number of carbonyl (C=O) groups excluding carboxylic acids is 1. The Morgan fingerprint density at radius 1 is 1.17 bits per heavy atom. The third kappa shape index (κ3) is 4.45. The lowest BCUT2D eigenvalue weighted by molar-refractivity contribution is 0.0948. The quantitative estimate of drug-likeness (QED) is 0.788.